The van der Waals surface area contributed by atoms with Crippen LogP contribution in [0.25, 0.3) is 10.9 Å². The number of carbonyl (C=O) groups is 2. The van der Waals surface area contributed by atoms with Crippen LogP contribution in [0.2, 0.25) is 0 Å². The van der Waals surface area contributed by atoms with Crippen molar-refractivity contribution >= 4 is 22.7 Å². The summed E-state index contributed by atoms with van der Waals surface area (Å²) in [5.74, 6) is -0.755. The minimum absolute atomic E-state index is 0.0837. The Kier molecular flexibility index (Phi) is 4.75. The van der Waals surface area contributed by atoms with Gasteiger partial charge in [0.2, 0.25) is 5.91 Å². The number of H-pyrrole nitrogens is 1. The van der Waals surface area contributed by atoms with Gasteiger partial charge in [-0.2, -0.15) is 0 Å². The molecule has 2 N–H and O–H groups in total. The molecular formula is C25H22N4O2. The third kappa shape index (κ3) is 3.26. The molecule has 0 saturated heterocycles. The fourth-order valence-corrected chi connectivity index (χ4v) is 4.47. The number of nitrogens with one attached hydrogen (secondary N) is 2. The molecule has 3 heterocycles. The van der Waals surface area contributed by atoms with Crippen molar-refractivity contribution in [3.8, 4) is 0 Å². The standard InChI is InChI=1S/C25H22N4O2/c1-29-23(20-15-27-21-12-5-4-9-17(20)21)22(18-10-2-3-11-19(18)25(29)31)24(30)28-14-16-8-6-7-13-26-16/h2-13,15,22-23,27H,14H2,1H3,(H,28,30). The number of likely N-dealkylation sites (N-methyl/N-ethyl adjacent to an activating group) is 1. The average molecular weight is 410 g/mol. The van der Waals surface area contributed by atoms with Crippen molar-refractivity contribution < 1.29 is 9.59 Å². The van der Waals surface area contributed by atoms with Crippen molar-refractivity contribution in [2.24, 2.45) is 0 Å². The second-order valence-corrected chi connectivity index (χ2v) is 7.75. The highest BCUT2D eigenvalue weighted by Gasteiger charge is 2.43. The molecule has 1 aliphatic rings. The zero-order valence-corrected chi connectivity index (χ0v) is 17.1. The molecule has 5 rings (SSSR count). The van der Waals surface area contributed by atoms with Crippen molar-refractivity contribution in [2.45, 2.75) is 18.5 Å². The summed E-state index contributed by atoms with van der Waals surface area (Å²) < 4.78 is 0. The van der Waals surface area contributed by atoms with E-state index in [4.69, 9.17) is 0 Å². The van der Waals surface area contributed by atoms with Crippen LogP contribution in [0.15, 0.2) is 79.1 Å². The van der Waals surface area contributed by atoms with Gasteiger partial charge in [0.25, 0.3) is 5.91 Å². The monoisotopic (exact) mass is 410 g/mol. The van der Waals surface area contributed by atoms with E-state index in [9.17, 15) is 9.59 Å². The number of hydrogen-bond donors (Lipinski definition) is 2. The smallest absolute Gasteiger partial charge is 0.254 e. The molecule has 2 amide bonds. The van der Waals surface area contributed by atoms with E-state index in [2.05, 4.69) is 15.3 Å². The highest BCUT2D eigenvalue weighted by atomic mass is 16.2. The molecule has 0 bridgehead atoms. The Balaban J connectivity index is 1.59. The Morgan fingerprint density at radius 1 is 1.03 bits per heavy atom. The average Bonchev–Trinajstić information content (AvgIpc) is 3.24. The van der Waals surface area contributed by atoms with E-state index in [0.717, 1.165) is 27.7 Å². The van der Waals surface area contributed by atoms with Gasteiger partial charge in [-0.25, -0.2) is 0 Å². The van der Waals surface area contributed by atoms with E-state index < -0.39 is 12.0 Å². The lowest BCUT2D eigenvalue weighted by Gasteiger charge is -2.39. The summed E-state index contributed by atoms with van der Waals surface area (Å²) in [5, 5.41) is 4.04. The summed E-state index contributed by atoms with van der Waals surface area (Å²) in [5.41, 5.74) is 4.01. The van der Waals surface area contributed by atoms with Gasteiger partial charge >= 0.3 is 0 Å². The van der Waals surface area contributed by atoms with Gasteiger partial charge in [-0.15, -0.1) is 0 Å². The first-order valence-corrected chi connectivity index (χ1v) is 10.2. The van der Waals surface area contributed by atoms with Gasteiger partial charge in [0.15, 0.2) is 0 Å². The summed E-state index contributed by atoms with van der Waals surface area (Å²) in [6, 6.07) is 20.5. The molecule has 1 aliphatic heterocycles. The predicted octanol–water partition coefficient (Wildman–Crippen LogP) is 3.79. The van der Waals surface area contributed by atoms with Crippen molar-refractivity contribution in [3.05, 3.63) is 102 Å². The summed E-state index contributed by atoms with van der Waals surface area (Å²) in [6.07, 6.45) is 3.62. The van der Waals surface area contributed by atoms with Crippen LogP contribution in [0, 0.1) is 0 Å². The summed E-state index contributed by atoms with van der Waals surface area (Å²) in [4.78, 5) is 36.0. The molecule has 2 unspecified atom stereocenters. The number of carbonyl (C=O) groups excluding carboxylic acids is 2. The lowest BCUT2D eigenvalue weighted by Crippen LogP contribution is -2.45. The first-order chi connectivity index (χ1) is 15.1. The molecule has 0 spiro atoms. The Bertz CT molecular complexity index is 1260. The van der Waals surface area contributed by atoms with Gasteiger partial charge in [-0.05, 0) is 29.8 Å². The van der Waals surface area contributed by atoms with Crippen LogP contribution in [0.4, 0.5) is 0 Å². The molecular weight excluding hydrogens is 388 g/mol. The molecule has 154 valence electrons. The Morgan fingerprint density at radius 2 is 1.81 bits per heavy atom. The van der Waals surface area contributed by atoms with Crippen molar-refractivity contribution in [1.82, 2.24) is 20.2 Å². The van der Waals surface area contributed by atoms with Crippen molar-refractivity contribution in [3.63, 3.8) is 0 Å². The second kappa shape index (κ2) is 7.72. The Hall–Kier alpha value is -3.93. The number of fused-ring (bicyclic) bond motifs is 2. The van der Waals surface area contributed by atoms with Crippen LogP contribution in [-0.4, -0.2) is 33.7 Å². The molecule has 0 radical (unpaired) electrons. The van der Waals surface area contributed by atoms with Crippen molar-refractivity contribution in [1.29, 1.82) is 0 Å². The SMILES string of the molecule is CN1C(=O)c2ccccc2C(C(=O)NCc2ccccn2)C1c1c[nH]c2ccccc12. The van der Waals surface area contributed by atoms with Crippen molar-refractivity contribution in [2.75, 3.05) is 7.05 Å². The summed E-state index contributed by atoms with van der Waals surface area (Å²) in [6.45, 7) is 0.330. The van der Waals surface area contributed by atoms with E-state index >= 15 is 0 Å². The fourth-order valence-electron chi connectivity index (χ4n) is 4.47. The minimum Gasteiger partial charge on any atom is -0.361 e. The maximum Gasteiger partial charge on any atom is 0.254 e. The normalized spacial score (nSPS) is 18.1. The van der Waals surface area contributed by atoms with Crippen LogP contribution in [0.5, 0.6) is 0 Å². The number of nitrogens with zero attached hydrogens (tertiary/aromatic N) is 2. The maximum absolute atomic E-state index is 13.5. The molecule has 6 nitrogen and oxygen atoms in total. The summed E-state index contributed by atoms with van der Waals surface area (Å²) >= 11 is 0. The van der Waals surface area contributed by atoms with E-state index in [1.807, 2.05) is 66.9 Å². The van der Waals surface area contributed by atoms with Gasteiger partial charge in [-0.1, -0.05) is 42.5 Å². The van der Waals surface area contributed by atoms with E-state index in [-0.39, 0.29) is 11.8 Å². The molecule has 2 aromatic heterocycles. The minimum atomic E-state index is -0.540. The lowest BCUT2D eigenvalue weighted by atomic mass is 9.79. The molecule has 0 fully saturated rings. The number of para-hydroxylation sites is 1. The van der Waals surface area contributed by atoms with Gasteiger partial charge < -0.3 is 15.2 Å². The zero-order chi connectivity index (χ0) is 21.4. The fraction of sp³-hybridized carbons (Fsp3) is 0.160. The second-order valence-electron chi connectivity index (χ2n) is 7.75. The van der Waals surface area contributed by atoms with E-state index in [0.29, 0.717) is 12.1 Å². The zero-order valence-electron chi connectivity index (χ0n) is 17.1. The van der Waals surface area contributed by atoms with Crippen LogP contribution >= 0.6 is 0 Å². The maximum atomic E-state index is 13.5. The topological polar surface area (TPSA) is 78.1 Å². The van der Waals surface area contributed by atoms with Gasteiger partial charge in [-0.3, -0.25) is 14.6 Å². The predicted molar refractivity (Wildman–Crippen MR) is 118 cm³/mol. The van der Waals surface area contributed by atoms with Crippen LogP contribution in [-0.2, 0) is 11.3 Å². The first-order valence-electron chi connectivity index (χ1n) is 10.2. The largest absolute Gasteiger partial charge is 0.361 e. The number of amides is 2. The van der Waals surface area contributed by atoms with Crippen LogP contribution in [0.1, 0.15) is 39.1 Å². The number of aromatic nitrogens is 2. The molecule has 6 heteroatoms. The van der Waals surface area contributed by atoms with Gasteiger partial charge in [0, 0.05) is 41.5 Å². The third-order valence-electron chi connectivity index (χ3n) is 5.97. The number of hydrogen-bond acceptors (Lipinski definition) is 3. The summed E-state index contributed by atoms with van der Waals surface area (Å²) in [7, 11) is 1.77. The number of rotatable bonds is 4. The van der Waals surface area contributed by atoms with Gasteiger partial charge in [0.1, 0.15) is 0 Å². The number of pyridine rings is 1. The molecule has 2 atom stereocenters. The lowest BCUT2D eigenvalue weighted by molar-refractivity contribution is -0.124. The Morgan fingerprint density at radius 3 is 2.65 bits per heavy atom. The van der Waals surface area contributed by atoms with Crippen LogP contribution in [0.3, 0.4) is 0 Å². The van der Waals surface area contributed by atoms with Crippen LogP contribution < -0.4 is 5.32 Å². The first kappa shape index (κ1) is 19.1. The highest BCUT2D eigenvalue weighted by molar-refractivity contribution is 6.02. The van der Waals surface area contributed by atoms with E-state index in [1.54, 1.807) is 24.2 Å². The molecule has 0 aliphatic carbocycles. The highest BCUT2D eigenvalue weighted by Crippen LogP contribution is 2.44. The quantitative estimate of drug-likeness (QED) is 0.537. The third-order valence-corrected chi connectivity index (χ3v) is 5.97. The molecule has 2 aromatic carbocycles. The Labute approximate surface area is 179 Å². The molecule has 0 saturated carbocycles. The van der Waals surface area contributed by atoms with E-state index in [1.165, 1.54) is 0 Å². The van der Waals surface area contributed by atoms with Gasteiger partial charge in [0.05, 0.1) is 24.2 Å². The molecule has 31 heavy (non-hydrogen) atoms. The number of benzene rings is 2. The number of aromatic amines is 1. The molecule has 4 aromatic rings.